The largest absolute Gasteiger partial charge is 0.459 e. The van der Waals surface area contributed by atoms with E-state index in [1.807, 2.05) is 130 Å². The van der Waals surface area contributed by atoms with Crippen molar-refractivity contribution in [2.24, 2.45) is 0 Å². The van der Waals surface area contributed by atoms with Gasteiger partial charge in [-0.1, -0.05) is 387 Å². The molecule has 0 atom stereocenters. The van der Waals surface area contributed by atoms with Gasteiger partial charge < -0.3 is 38.5 Å². The van der Waals surface area contributed by atoms with Crippen molar-refractivity contribution >= 4 is 47.5 Å². The van der Waals surface area contributed by atoms with Gasteiger partial charge in [-0.3, -0.25) is 19.2 Å². The molecule has 4 aliphatic heterocycles. The number of esters is 4. The van der Waals surface area contributed by atoms with Gasteiger partial charge >= 0.3 is 23.9 Å². The van der Waals surface area contributed by atoms with Crippen molar-refractivity contribution in [3.05, 3.63) is 34.4 Å². The minimum atomic E-state index is -0.909. The van der Waals surface area contributed by atoms with Gasteiger partial charge in [-0.05, 0) is 149 Å². The maximum absolute atomic E-state index is 15.9. The quantitative estimate of drug-likeness (QED) is 0.0342. The minimum Gasteiger partial charge on any atom is -0.459 e. The van der Waals surface area contributed by atoms with Gasteiger partial charge in [0.2, 0.25) is 23.6 Å². The first-order valence-corrected chi connectivity index (χ1v) is 57.1. The molecule has 0 aromatic heterocycles. The Kier molecular flexibility index (Phi) is 56.2. The molecule has 1 aromatic rings. The zero-order valence-electron chi connectivity index (χ0n) is 91.1. The Hall–Kier alpha value is -5.02. The van der Waals surface area contributed by atoms with Crippen LogP contribution in [-0.2, 0) is 38.1 Å². The molecule has 4 aliphatic rings. The first-order valence-electron chi connectivity index (χ1n) is 57.1. The molecule has 4 amide bonds. The van der Waals surface area contributed by atoms with Crippen LogP contribution >= 0.6 is 0 Å². The van der Waals surface area contributed by atoms with Crippen LogP contribution in [-0.4, -0.2) is 136 Å². The molecule has 0 unspecified atom stereocenters. The molecule has 0 N–H and O–H groups in total. The molecule has 16 heteroatoms. The van der Waals surface area contributed by atoms with Gasteiger partial charge in [0, 0.05) is 121 Å². The summed E-state index contributed by atoms with van der Waals surface area (Å²) < 4.78 is 26.8. The Labute approximate surface area is 823 Å². The van der Waals surface area contributed by atoms with Gasteiger partial charge in [0.05, 0.1) is 22.3 Å². The fraction of sp³-hybridized carbons (Fsp3) is 0.881. The molecule has 774 valence electrons. The smallest absolute Gasteiger partial charge is 0.339 e. The molecular weight excluding hydrogens is 1670 g/mol. The van der Waals surface area contributed by atoms with E-state index < -0.39 is 92.6 Å². The summed E-state index contributed by atoms with van der Waals surface area (Å²) in [5.74, 6) is -3.38. The maximum Gasteiger partial charge on any atom is 0.339 e. The van der Waals surface area contributed by atoms with Crippen molar-refractivity contribution < 1.29 is 57.3 Å². The normalized spacial score (nSPS) is 18.1. The minimum absolute atomic E-state index is 0.0631. The highest BCUT2D eigenvalue weighted by molar-refractivity contribution is 6.10. The van der Waals surface area contributed by atoms with E-state index in [2.05, 4.69) is 27.7 Å². The van der Waals surface area contributed by atoms with E-state index >= 15 is 19.2 Å². The van der Waals surface area contributed by atoms with E-state index in [0.717, 1.165) is 77.0 Å². The van der Waals surface area contributed by atoms with Crippen molar-refractivity contribution in [3.8, 4) is 0 Å². The SMILES string of the molecule is CCCCCCCCCCCCCCCCCC(=O)N1C(C)(C)CC(OC(=O)c2cc(C(=O)OC3CC(C)(C)N(C(=O)CCCCCCCCCCCCCCCCC)C(C)(C)C3)c(C(=O)OC3CC(C)(C)N(C(=O)CCCCCCCCCCCCCCCCC)C(C)(C)C3)cc2C(=O)OC2CC(C)(C)N(C(=O)CCCCCCCCCCCCCCCCC)C(C)(C)C2)CC1(C)C. The molecule has 4 saturated heterocycles. The predicted molar refractivity (Wildman–Crippen MR) is 558 cm³/mol. The second-order valence-electron chi connectivity index (χ2n) is 47.9. The van der Waals surface area contributed by atoms with Gasteiger partial charge in [0.1, 0.15) is 24.4 Å². The molecule has 16 nitrogen and oxygen atoms in total. The van der Waals surface area contributed by atoms with Crippen LogP contribution in [0.5, 0.6) is 0 Å². The Morgan fingerprint density at radius 1 is 0.194 bits per heavy atom. The Balaban J connectivity index is 1.44. The first kappa shape index (κ1) is 119. The third kappa shape index (κ3) is 43.6. The molecule has 4 heterocycles. The van der Waals surface area contributed by atoms with Crippen LogP contribution in [0.1, 0.15) is 642 Å². The van der Waals surface area contributed by atoms with Crippen LogP contribution in [0.15, 0.2) is 12.1 Å². The number of carbonyl (C=O) groups is 8. The number of carbonyl (C=O) groups excluding carboxylic acids is 8. The second kappa shape index (κ2) is 63.0. The predicted octanol–water partition coefficient (Wildman–Crippen LogP) is 33.6. The van der Waals surface area contributed by atoms with Crippen molar-refractivity contribution in [2.75, 3.05) is 0 Å². The van der Waals surface area contributed by atoms with Crippen LogP contribution in [0.25, 0.3) is 0 Å². The van der Waals surface area contributed by atoms with Crippen LogP contribution in [0.4, 0.5) is 0 Å². The number of nitrogens with zero attached hydrogens (tertiary/aromatic N) is 4. The number of amides is 4. The lowest BCUT2D eigenvalue weighted by Gasteiger charge is -2.55. The summed E-state index contributed by atoms with van der Waals surface area (Å²) in [6.07, 6.45) is 75.1. The van der Waals surface area contributed by atoms with E-state index in [-0.39, 0.29) is 97.2 Å². The monoisotopic (exact) mass is 1880 g/mol. The third-order valence-electron chi connectivity index (χ3n) is 30.8. The molecule has 0 saturated carbocycles. The van der Waals surface area contributed by atoms with Gasteiger partial charge in [0.25, 0.3) is 0 Å². The Morgan fingerprint density at radius 2 is 0.299 bits per heavy atom. The van der Waals surface area contributed by atoms with Gasteiger partial charge in [0.15, 0.2) is 0 Å². The number of ether oxygens (including phenoxy) is 4. The summed E-state index contributed by atoms with van der Waals surface area (Å²) in [5.41, 5.74) is -7.31. The summed E-state index contributed by atoms with van der Waals surface area (Å²) in [6, 6.07) is 2.55. The number of likely N-dealkylation sites (tertiary alicyclic amines) is 4. The molecule has 0 radical (unpaired) electrons. The summed E-state index contributed by atoms with van der Waals surface area (Å²) in [5, 5.41) is 0. The van der Waals surface area contributed by atoms with Gasteiger partial charge in [-0.15, -0.1) is 0 Å². The van der Waals surface area contributed by atoms with Gasteiger partial charge in [-0.25, -0.2) is 19.2 Å². The van der Waals surface area contributed by atoms with E-state index in [4.69, 9.17) is 18.9 Å². The molecule has 0 bridgehead atoms. The lowest BCUT2D eigenvalue weighted by molar-refractivity contribution is -0.156. The van der Waals surface area contributed by atoms with Crippen LogP contribution in [0.3, 0.4) is 0 Å². The maximum atomic E-state index is 15.9. The highest BCUT2D eigenvalue weighted by atomic mass is 16.6. The average Bonchev–Trinajstić information content (AvgIpc) is 0.764. The summed E-state index contributed by atoms with van der Waals surface area (Å²) in [4.78, 5) is 130. The van der Waals surface area contributed by atoms with Crippen molar-refractivity contribution in [3.63, 3.8) is 0 Å². The van der Waals surface area contributed by atoms with E-state index in [1.165, 1.54) is 320 Å². The second-order valence-corrected chi connectivity index (χ2v) is 47.9. The van der Waals surface area contributed by atoms with Crippen LogP contribution < -0.4 is 0 Å². The fourth-order valence-electron chi connectivity index (χ4n) is 25.0. The zero-order chi connectivity index (χ0) is 98.7. The molecule has 134 heavy (non-hydrogen) atoms. The Bertz CT molecular complexity index is 2980. The number of piperidine rings is 4. The van der Waals surface area contributed by atoms with Crippen LogP contribution in [0, 0.1) is 0 Å². The molecule has 5 rings (SSSR count). The van der Waals surface area contributed by atoms with E-state index in [0.29, 0.717) is 25.7 Å². The van der Waals surface area contributed by atoms with Crippen molar-refractivity contribution in [1.82, 2.24) is 19.6 Å². The standard InChI is InChI=1S/C118H210N4O12/c1-21-25-29-33-37-41-45-49-53-57-61-65-69-73-77-81-103(123)119-111(5,6)87-95(88-112(119,7)8)131-107(127)99-85-101(109(129)133-97-91-115(13,14)121(116(15,16)92-97)105(125)83-79-75-71-67-63-59-55-51-47-43-39-35-31-27-23-3)102(110(130)134-98-93-117(17,18)122(118(19,20)94-98)106(126)84-80-76-72-68-64-60-56-52-48-44-40-36-32-28-24-4)86-100(99)108(128)132-96-89-113(9,10)120(114(11,12)90-96)104(124)82-78-74-70-66-62-58-54-50-46-42-38-34-30-26-22-2/h85-86,95-98H,21-84,87-94H2,1-20H3. The molecule has 4 fully saturated rings. The number of hydrogen-bond donors (Lipinski definition) is 0. The van der Waals surface area contributed by atoms with E-state index in [9.17, 15) is 19.2 Å². The number of rotatable bonds is 72. The van der Waals surface area contributed by atoms with Gasteiger partial charge in [-0.2, -0.15) is 0 Å². The lowest BCUT2D eigenvalue weighted by atomic mass is 9.77. The molecule has 0 spiro atoms. The van der Waals surface area contributed by atoms with Crippen LogP contribution in [0.2, 0.25) is 0 Å². The average molecular weight is 1880 g/mol. The zero-order valence-corrected chi connectivity index (χ0v) is 91.1. The highest BCUT2D eigenvalue weighted by Gasteiger charge is 2.54. The Morgan fingerprint density at radius 3 is 0.410 bits per heavy atom. The first-order chi connectivity index (χ1) is 63.7. The fourth-order valence-corrected chi connectivity index (χ4v) is 25.0. The summed E-state index contributed by atoms with van der Waals surface area (Å²) in [7, 11) is 0. The molecule has 1 aromatic carbocycles. The number of unbranched alkanes of at least 4 members (excludes halogenated alkanes) is 56. The summed E-state index contributed by atoms with van der Waals surface area (Å²) in [6.45, 7) is 41.5. The topological polar surface area (TPSA) is 186 Å². The summed E-state index contributed by atoms with van der Waals surface area (Å²) >= 11 is 0. The highest BCUT2D eigenvalue weighted by Crippen LogP contribution is 2.47. The molecular formula is C118H210N4O12. The lowest BCUT2D eigenvalue weighted by Crippen LogP contribution is -2.64. The van der Waals surface area contributed by atoms with Crippen molar-refractivity contribution in [2.45, 2.75) is 670 Å². The third-order valence-corrected chi connectivity index (χ3v) is 30.8. The number of hydrogen-bond acceptors (Lipinski definition) is 12. The van der Waals surface area contributed by atoms with Crippen molar-refractivity contribution in [1.29, 1.82) is 0 Å². The van der Waals surface area contributed by atoms with E-state index in [1.54, 1.807) is 0 Å². The number of benzene rings is 1. The molecule has 0 aliphatic carbocycles.